The smallest absolute Gasteiger partial charge is 0.407 e. The number of hydrogen-bond donors (Lipinski definition) is 1. The van der Waals surface area contributed by atoms with Gasteiger partial charge < -0.3 is 15.0 Å². The number of halogens is 1. The van der Waals surface area contributed by atoms with Crippen molar-refractivity contribution in [1.29, 1.82) is 0 Å². The first-order valence-electron chi connectivity index (χ1n) is 10.3. The number of aromatic nitrogens is 2. The minimum absolute atomic E-state index is 0.0375. The van der Waals surface area contributed by atoms with Gasteiger partial charge in [-0.15, -0.1) is 0 Å². The van der Waals surface area contributed by atoms with Crippen molar-refractivity contribution in [2.24, 2.45) is 13.0 Å². The maximum atomic E-state index is 13.2. The van der Waals surface area contributed by atoms with E-state index in [0.717, 1.165) is 11.3 Å². The normalized spacial score (nSPS) is 31.1. The molecule has 1 N–H and O–H groups in total. The second kappa shape index (κ2) is 6.24. The van der Waals surface area contributed by atoms with Gasteiger partial charge in [-0.1, -0.05) is 29.8 Å². The van der Waals surface area contributed by atoms with Gasteiger partial charge in [0.05, 0.1) is 32.2 Å². The number of aryl methyl sites for hydroxylation is 1. The van der Waals surface area contributed by atoms with E-state index in [2.05, 4.69) is 10.4 Å². The molecule has 1 atom stereocenters. The maximum Gasteiger partial charge on any atom is 0.407 e. The predicted molar refractivity (Wildman–Crippen MR) is 102 cm³/mol. The van der Waals surface area contributed by atoms with Crippen LogP contribution in [-0.4, -0.2) is 45.3 Å². The van der Waals surface area contributed by atoms with Crippen molar-refractivity contribution in [3.8, 4) is 0 Å². The summed E-state index contributed by atoms with van der Waals surface area (Å²) in [7, 11) is 1.83. The zero-order valence-electron chi connectivity index (χ0n) is 17.3. The van der Waals surface area contributed by atoms with Crippen molar-refractivity contribution in [3.05, 3.63) is 52.3 Å². The molecule has 8 heteroatoms. The maximum absolute atomic E-state index is 13.2. The van der Waals surface area contributed by atoms with Gasteiger partial charge in [-0.25, -0.2) is 4.79 Å². The SMILES string of the molecule is [2H]C1([2H])NC(=O)OC12CC(CN1C(=O)c3ccccc3C1Cc1c(Cl)cnn1C)C2. The third-order valence-corrected chi connectivity index (χ3v) is 6.27. The average molecular weight is 403 g/mol. The molecule has 0 radical (unpaired) electrons. The van der Waals surface area contributed by atoms with E-state index in [-0.39, 0.29) is 17.9 Å². The third-order valence-electron chi connectivity index (χ3n) is 5.96. The van der Waals surface area contributed by atoms with Crippen LogP contribution in [0.5, 0.6) is 0 Å². The van der Waals surface area contributed by atoms with E-state index in [4.69, 9.17) is 19.1 Å². The van der Waals surface area contributed by atoms with Gasteiger partial charge in [0.15, 0.2) is 0 Å². The Hall–Kier alpha value is -2.54. The molecule has 2 fully saturated rings. The van der Waals surface area contributed by atoms with E-state index >= 15 is 0 Å². The van der Waals surface area contributed by atoms with Crippen LogP contribution in [-0.2, 0) is 18.2 Å². The lowest BCUT2D eigenvalue weighted by Gasteiger charge is -2.44. The molecule has 1 aliphatic carbocycles. The van der Waals surface area contributed by atoms with Crippen molar-refractivity contribution in [2.75, 3.05) is 13.0 Å². The Morgan fingerprint density at radius 1 is 1.39 bits per heavy atom. The summed E-state index contributed by atoms with van der Waals surface area (Å²) in [4.78, 5) is 26.6. The molecule has 3 heterocycles. The van der Waals surface area contributed by atoms with Gasteiger partial charge in [-0.3, -0.25) is 9.48 Å². The highest BCUT2D eigenvalue weighted by Gasteiger charge is 2.52. The minimum atomic E-state index is -1.90. The molecule has 2 aliphatic heterocycles. The first-order chi connectivity index (χ1) is 14.2. The molecule has 5 rings (SSSR count). The fourth-order valence-corrected chi connectivity index (χ4v) is 4.83. The summed E-state index contributed by atoms with van der Waals surface area (Å²) < 4.78 is 23.1. The molecule has 2 amide bonds. The Labute approximate surface area is 170 Å². The van der Waals surface area contributed by atoms with Gasteiger partial charge in [-0.2, -0.15) is 5.10 Å². The van der Waals surface area contributed by atoms with Crippen LogP contribution in [0.1, 0.15) is 43.2 Å². The number of alkyl carbamates (subject to hydrolysis) is 1. The van der Waals surface area contributed by atoms with E-state index in [9.17, 15) is 9.59 Å². The molecule has 0 bridgehead atoms. The molecule has 1 aromatic heterocycles. The highest BCUT2D eigenvalue weighted by molar-refractivity contribution is 6.31. The Morgan fingerprint density at radius 3 is 2.86 bits per heavy atom. The topological polar surface area (TPSA) is 76.5 Å². The van der Waals surface area contributed by atoms with E-state index in [0.29, 0.717) is 36.4 Å². The van der Waals surface area contributed by atoms with Crippen molar-refractivity contribution >= 4 is 23.6 Å². The summed E-state index contributed by atoms with van der Waals surface area (Å²) in [6, 6.07) is 7.39. The standard InChI is InChI=1S/C20H21ClN4O3/c1-24-17(15(21)9-23-24)6-16-13-4-2-3-5-14(13)18(26)25(16)10-12-7-20(8-12)11-22-19(27)28-20/h2-5,9,12,16H,6-8,10-11H2,1H3,(H,22,27)/i11D2. The molecule has 28 heavy (non-hydrogen) atoms. The van der Waals surface area contributed by atoms with Crippen molar-refractivity contribution in [3.63, 3.8) is 0 Å². The van der Waals surface area contributed by atoms with Crippen molar-refractivity contribution in [1.82, 2.24) is 20.0 Å². The fourth-order valence-electron chi connectivity index (χ4n) is 4.58. The van der Waals surface area contributed by atoms with Crippen molar-refractivity contribution in [2.45, 2.75) is 30.9 Å². The Morgan fingerprint density at radius 2 is 2.18 bits per heavy atom. The average Bonchev–Trinajstić information content (AvgIpc) is 3.21. The second-order valence-electron chi connectivity index (χ2n) is 7.74. The van der Waals surface area contributed by atoms with Gasteiger partial charge in [0, 0.05) is 25.6 Å². The number of carbonyl (C=O) groups is 2. The second-order valence-corrected chi connectivity index (χ2v) is 8.14. The Kier molecular flexibility index (Phi) is 3.43. The van der Waals surface area contributed by atoms with Crippen LogP contribution in [0.25, 0.3) is 0 Å². The zero-order valence-corrected chi connectivity index (χ0v) is 16.1. The minimum Gasteiger partial charge on any atom is -0.441 e. The van der Waals surface area contributed by atoms with Gasteiger partial charge in [0.25, 0.3) is 5.91 Å². The summed E-state index contributed by atoms with van der Waals surface area (Å²) in [5, 5.41) is 7.01. The van der Waals surface area contributed by atoms with Gasteiger partial charge in [0.1, 0.15) is 5.60 Å². The first-order valence-corrected chi connectivity index (χ1v) is 9.66. The quantitative estimate of drug-likeness (QED) is 0.853. The lowest BCUT2D eigenvalue weighted by atomic mass is 9.70. The summed E-state index contributed by atoms with van der Waals surface area (Å²) >= 11 is 6.32. The molecule has 1 saturated carbocycles. The predicted octanol–water partition coefficient (Wildman–Crippen LogP) is 2.70. The lowest BCUT2D eigenvalue weighted by molar-refractivity contribution is -0.0555. The first kappa shape index (κ1) is 15.4. The van der Waals surface area contributed by atoms with Gasteiger partial charge in [0.2, 0.25) is 0 Å². The summed E-state index contributed by atoms with van der Waals surface area (Å²) in [5.41, 5.74) is 1.34. The molecule has 7 nitrogen and oxygen atoms in total. The molecule has 1 saturated heterocycles. The number of nitrogens with one attached hydrogen (secondary N) is 1. The Balaban J connectivity index is 1.39. The van der Waals surface area contributed by atoms with Crippen LogP contribution in [0.15, 0.2) is 30.5 Å². The molecular formula is C20H21ClN4O3. The van der Waals surface area contributed by atoms with Crippen LogP contribution in [0.4, 0.5) is 4.79 Å². The number of ether oxygens (including phenoxy) is 1. The number of carbonyl (C=O) groups excluding carboxylic acids is 2. The number of nitrogens with zero attached hydrogens (tertiary/aromatic N) is 3. The van der Waals surface area contributed by atoms with E-state index in [1.54, 1.807) is 10.9 Å². The number of amides is 2. The van der Waals surface area contributed by atoms with Crippen LogP contribution < -0.4 is 5.32 Å². The van der Waals surface area contributed by atoms with Crippen LogP contribution in [0, 0.1) is 5.92 Å². The van der Waals surface area contributed by atoms with E-state index in [1.807, 2.05) is 36.2 Å². The number of benzene rings is 1. The lowest BCUT2D eigenvalue weighted by Crippen LogP contribution is -2.51. The van der Waals surface area contributed by atoms with E-state index < -0.39 is 18.2 Å². The van der Waals surface area contributed by atoms with Gasteiger partial charge >= 0.3 is 6.09 Å². The molecular weight excluding hydrogens is 380 g/mol. The molecule has 1 unspecified atom stereocenters. The zero-order chi connectivity index (χ0) is 21.3. The number of hydrogen-bond acceptors (Lipinski definition) is 4. The molecule has 2 aromatic rings. The monoisotopic (exact) mass is 402 g/mol. The summed E-state index contributed by atoms with van der Waals surface area (Å²) in [5.74, 6) is -0.00469. The number of fused-ring (bicyclic) bond motifs is 1. The van der Waals surface area contributed by atoms with Crippen LogP contribution in [0.2, 0.25) is 5.02 Å². The summed E-state index contributed by atoms with van der Waals surface area (Å²) in [6.45, 7) is -1.44. The molecule has 146 valence electrons. The fraction of sp³-hybridized carbons (Fsp3) is 0.450. The third kappa shape index (κ3) is 2.68. The summed E-state index contributed by atoms with van der Waals surface area (Å²) in [6.07, 6.45) is 2.15. The Bertz CT molecular complexity index is 1030. The van der Waals surface area contributed by atoms with Crippen LogP contribution in [0.3, 0.4) is 0 Å². The highest BCUT2D eigenvalue weighted by atomic mass is 35.5. The van der Waals surface area contributed by atoms with Gasteiger partial charge in [-0.05, 0) is 30.4 Å². The highest BCUT2D eigenvalue weighted by Crippen LogP contribution is 2.45. The van der Waals surface area contributed by atoms with Crippen LogP contribution >= 0.6 is 11.6 Å². The largest absolute Gasteiger partial charge is 0.441 e. The van der Waals surface area contributed by atoms with E-state index in [1.165, 1.54) is 0 Å². The molecule has 1 spiro atoms. The molecule has 1 aromatic carbocycles. The van der Waals surface area contributed by atoms with Crippen molar-refractivity contribution < 1.29 is 17.1 Å². The number of rotatable bonds is 4. The molecule has 3 aliphatic rings.